The average molecular weight is 239 g/mol. The van der Waals surface area contributed by atoms with Gasteiger partial charge in [0, 0.05) is 18.8 Å². The molecular formula is C13H21NOS. The lowest BCUT2D eigenvalue weighted by molar-refractivity contribution is 0.194. The van der Waals surface area contributed by atoms with E-state index >= 15 is 0 Å². The number of aryl methyl sites for hydroxylation is 1. The van der Waals surface area contributed by atoms with E-state index in [9.17, 15) is 0 Å². The standard InChI is InChI=1S/C13H21NOS/c1-3-12(10-14-7-8-16)15-13-6-4-5-11(2)9-13/h4-6,9,12,14,16H,3,7-8,10H2,1-2H3. The minimum atomic E-state index is 0.238. The number of benzene rings is 1. The van der Waals surface area contributed by atoms with Crippen molar-refractivity contribution in [3.63, 3.8) is 0 Å². The fourth-order valence-electron chi connectivity index (χ4n) is 1.49. The molecule has 0 aromatic heterocycles. The Kier molecular flexibility index (Phi) is 6.34. The molecule has 1 aromatic rings. The van der Waals surface area contributed by atoms with E-state index in [0.29, 0.717) is 0 Å². The molecule has 2 nitrogen and oxygen atoms in total. The van der Waals surface area contributed by atoms with Gasteiger partial charge < -0.3 is 10.1 Å². The molecule has 0 saturated heterocycles. The Balaban J connectivity index is 2.43. The highest BCUT2D eigenvalue weighted by atomic mass is 32.1. The number of hydrogen-bond acceptors (Lipinski definition) is 3. The molecule has 0 saturated carbocycles. The summed E-state index contributed by atoms with van der Waals surface area (Å²) in [5.41, 5.74) is 1.23. The third-order valence-corrected chi connectivity index (χ3v) is 2.63. The Hall–Kier alpha value is -0.670. The van der Waals surface area contributed by atoms with Crippen LogP contribution in [0.1, 0.15) is 18.9 Å². The van der Waals surface area contributed by atoms with Crippen LogP contribution < -0.4 is 10.1 Å². The summed E-state index contributed by atoms with van der Waals surface area (Å²) >= 11 is 4.16. The van der Waals surface area contributed by atoms with Crippen molar-refractivity contribution in [2.45, 2.75) is 26.4 Å². The summed E-state index contributed by atoms with van der Waals surface area (Å²) in [6.07, 6.45) is 1.25. The van der Waals surface area contributed by atoms with E-state index in [0.717, 1.165) is 31.0 Å². The van der Waals surface area contributed by atoms with E-state index < -0.39 is 0 Å². The predicted octanol–water partition coefficient (Wildman–Crippen LogP) is 2.67. The predicted molar refractivity (Wildman–Crippen MR) is 72.6 cm³/mol. The number of thiol groups is 1. The van der Waals surface area contributed by atoms with Crippen LogP contribution in [0, 0.1) is 6.92 Å². The van der Waals surface area contributed by atoms with Crippen molar-refractivity contribution in [1.82, 2.24) is 5.32 Å². The van der Waals surface area contributed by atoms with Gasteiger partial charge in [-0.2, -0.15) is 12.6 Å². The second-order valence-electron chi connectivity index (χ2n) is 3.89. The van der Waals surface area contributed by atoms with Gasteiger partial charge in [-0.1, -0.05) is 19.1 Å². The van der Waals surface area contributed by atoms with Crippen LogP contribution in [-0.4, -0.2) is 24.9 Å². The minimum Gasteiger partial charge on any atom is -0.489 e. The van der Waals surface area contributed by atoms with Crippen LogP contribution in [0.3, 0.4) is 0 Å². The second-order valence-corrected chi connectivity index (χ2v) is 4.34. The third kappa shape index (κ3) is 4.90. The third-order valence-electron chi connectivity index (χ3n) is 2.41. The Labute approximate surface area is 104 Å². The van der Waals surface area contributed by atoms with Crippen molar-refractivity contribution in [1.29, 1.82) is 0 Å². The summed E-state index contributed by atoms with van der Waals surface area (Å²) in [5.74, 6) is 1.82. The highest BCUT2D eigenvalue weighted by Gasteiger charge is 2.07. The number of rotatable bonds is 7. The summed E-state index contributed by atoms with van der Waals surface area (Å²) in [6.45, 7) is 6.03. The van der Waals surface area contributed by atoms with Gasteiger partial charge in [0.25, 0.3) is 0 Å². The Bertz CT molecular complexity index is 304. The van der Waals surface area contributed by atoms with Crippen molar-refractivity contribution in [2.75, 3.05) is 18.8 Å². The van der Waals surface area contributed by atoms with Crippen LogP contribution in [0.15, 0.2) is 24.3 Å². The van der Waals surface area contributed by atoms with E-state index in [1.165, 1.54) is 5.56 Å². The minimum absolute atomic E-state index is 0.238. The molecule has 1 N–H and O–H groups in total. The largest absolute Gasteiger partial charge is 0.489 e. The molecule has 1 unspecified atom stereocenters. The molecule has 0 amide bonds. The van der Waals surface area contributed by atoms with E-state index in [4.69, 9.17) is 4.74 Å². The van der Waals surface area contributed by atoms with Crippen molar-refractivity contribution >= 4 is 12.6 Å². The van der Waals surface area contributed by atoms with Crippen molar-refractivity contribution < 1.29 is 4.74 Å². The van der Waals surface area contributed by atoms with Gasteiger partial charge in [0.1, 0.15) is 11.9 Å². The summed E-state index contributed by atoms with van der Waals surface area (Å²) in [5, 5.41) is 3.32. The lowest BCUT2D eigenvalue weighted by atomic mass is 10.2. The van der Waals surface area contributed by atoms with Gasteiger partial charge in [-0.05, 0) is 31.0 Å². The Morgan fingerprint density at radius 1 is 1.44 bits per heavy atom. The first-order valence-corrected chi connectivity index (χ1v) is 6.44. The zero-order valence-electron chi connectivity index (χ0n) is 10.1. The molecule has 0 spiro atoms. The van der Waals surface area contributed by atoms with E-state index in [2.05, 4.69) is 43.9 Å². The van der Waals surface area contributed by atoms with Crippen molar-refractivity contribution in [3.8, 4) is 5.75 Å². The molecule has 0 aliphatic rings. The number of hydrogen-bond donors (Lipinski definition) is 2. The van der Waals surface area contributed by atoms with Crippen LogP contribution in [-0.2, 0) is 0 Å². The van der Waals surface area contributed by atoms with Crippen molar-refractivity contribution in [2.24, 2.45) is 0 Å². The van der Waals surface area contributed by atoms with Gasteiger partial charge in [0.2, 0.25) is 0 Å². The molecule has 1 aromatic carbocycles. The van der Waals surface area contributed by atoms with Crippen LogP contribution >= 0.6 is 12.6 Å². The lowest BCUT2D eigenvalue weighted by Crippen LogP contribution is -2.32. The monoisotopic (exact) mass is 239 g/mol. The Morgan fingerprint density at radius 3 is 2.88 bits per heavy atom. The molecular weight excluding hydrogens is 218 g/mol. The zero-order chi connectivity index (χ0) is 11.8. The van der Waals surface area contributed by atoms with E-state index in [1.54, 1.807) is 0 Å². The molecule has 0 radical (unpaired) electrons. The maximum absolute atomic E-state index is 5.90. The maximum Gasteiger partial charge on any atom is 0.120 e. The normalized spacial score (nSPS) is 12.4. The first kappa shape index (κ1) is 13.4. The van der Waals surface area contributed by atoms with Gasteiger partial charge in [0.05, 0.1) is 0 Å². The molecule has 0 aliphatic carbocycles. The molecule has 0 fully saturated rings. The number of ether oxygens (including phenoxy) is 1. The molecule has 1 atom stereocenters. The summed E-state index contributed by atoms with van der Waals surface area (Å²) in [4.78, 5) is 0. The SMILES string of the molecule is CCC(CNCCS)Oc1cccc(C)c1. The highest BCUT2D eigenvalue weighted by molar-refractivity contribution is 7.80. The maximum atomic E-state index is 5.90. The smallest absolute Gasteiger partial charge is 0.120 e. The van der Waals surface area contributed by atoms with Crippen LogP contribution in [0.25, 0.3) is 0 Å². The Morgan fingerprint density at radius 2 is 2.25 bits per heavy atom. The summed E-state index contributed by atoms with van der Waals surface area (Å²) in [6, 6.07) is 8.18. The number of nitrogens with one attached hydrogen (secondary N) is 1. The molecule has 0 aliphatic heterocycles. The van der Waals surface area contributed by atoms with Gasteiger partial charge in [-0.25, -0.2) is 0 Å². The summed E-state index contributed by atoms with van der Waals surface area (Å²) < 4.78 is 5.90. The molecule has 3 heteroatoms. The van der Waals surface area contributed by atoms with Gasteiger partial charge in [-0.3, -0.25) is 0 Å². The summed E-state index contributed by atoms with van der Waals surface area (Å²) in [7, 11) is 0. The van der Waals surface area contributed by atoms with Gasteiger partial charge >= 0.3 is 0 Å². The lowest BCUT2D eigenvalue weighted by Gasteiger charge is -2.18. The molecule has 90 valence electrons. The quantitative estimate of drug-likeness (QED) is 0.564. The second kappa shape index (κ2) is 7.58. The first-order chi connectivity index (χ1) is 7.76. The van der Waals surface area contributed by atoms with Crippen LogP contribution in [0.5, 0.6) is 5.75 Å². The topological polar surface area (TPSA) is 21.3 Å². The van der Waals surface area contributed by atoms with E-state index in [-0.39, 0.29) is 6.10 Å². The highest BCUT2D eigenvalue weighted by Crippen LogP contribution is 2.14. The first-order valence-electron chi connectivity index (χ1n) is 5.81. The van der Waals surface area contributed by atoms with E-state index in [1.807, 2.05) is 12.1 Å². The van der Waals surface area contributed by atoms with Gasteiger partial charge in [-0.15, -0.1) is 0 Å². The van der Waals surface area contributed by atoms with Crippen LogP contribution in [0.4, 0.5) is 0 Å². The molecule has 0 heterocycles. The fourth-order valence-corrected chi connectivity index (χ4v) is 1.65. The fraction of sp³-hybridized carbons (Fsp3) is 0.538. The average Bonchev–Trinajstić information content (AvgIpc) is 2.28. The zero-order valence-corrected chi connectivity index (χ0v) is 11.0. The molecule has 1 rings (SSSR count). The van der Waals surface area contributed by atoms with Crippen molar-refractivity contribution in [3.05, 3.63) is 29.8 Å². The van der Waals surface area contributed by atoms with Crippen LogP contribution in [0.2, 0.25) is 0 Å². The molecule has 0 bridgehead atoms. The van der Waals surface area contributed by atoms with Gasteiger partial charge in [0.15, 0.2) is 0 Å². The molecule has 16 heavy (non-hydrogen) atoms.